The molecule has 0 spiro atoms. The predicted molar refractivity (Wildman–Crippen MR) is 63.2 cm³/mol. The van der Waals surface area contributed by atoms with Crippen molar-refractivity contribution in [2.45, 2.75) is 44.4 Å². The van der Waals surface area contributed by atoms with Gasteiger partial charge in [0.05, 0.1) is 6.10 Å². The highest BCUT2D eigenvalue weighted by atomic mass is 16.5. The molecule has 18 heavy (non-hydrogen) atoms. The normalized spacial score (nSPS) is 25.2. The minimum atomic E-state index is -1.15. The number of nitrogens with one attached hydrogen (secondary N) is 2. The molecule has 0 bridgehead atoms. The van der Waals surface area contributed by atoms with Crippen LogP contribution in [-0.2, 0) is 9.53 Å². The second kappa shape index (κ2) is 7.17. The van der Waals surface area contributed by atoms with Gasteiger partial charge in [-0.2, -0.15) is 0 Å². The van der Waals surface area contributed by atoms with Crippen LogP contribution in [0.25, 0.3) is 0 Å². The van der Waals surface area contributed by atoms with Crippen molar-refractivity contribution in [3.63, 3.8) is 0 Å². The van der Waals surface area contributed by atoms with Gasteiger partial charge in [0.25, 0.3) is 0 Å². The number of aliphatic hydroxyl groups is 1. The summed E-state index contributed by atoms with van der Waals surface area (Å²) in [5.41, 5.74) is 0. The first-order chi connectivity index (χ1) is 8.52. The Labute approximate surface area is 106 Å². The summed E-state index contributed by atoms with van der Waals surface area (Å²) in [6.07, 6.45) is 1.52. The first-order valence-corrected chi connectivity index (χ1v) is 6.05. The average Bonchev–Trinajstić information content (AvgIpc) is 2.28. The van der Waals surface area contributed by atoms with E-state index in [4.69, 9.17) is 14.9 Å². The molecule has 7 nitrogen and oxygen atoms in total. The van der Waals surface area contributed by atoms with E-state index in [1.807, 2.05) is 6.92 Å². The zero-order valence-corrected chi connectivity index (χ0v) is 10.4. The van der Waals surface area contributed by atoms with E-state index in [1.165, 1.54) is 0 Å². The van der Waals surface area contributed by atoms with Crippen molar-refractivity contribution in [1.82, 2.24) is 10.6 Å². The molecule has 0 saturated carbocycles. The van der Waals surface area contributed by atoms with Gasteiger partial charge >= 0.3 is 12.0 Å². The first-order valence-electron chi connectivity index (χ1n) is 6.05. The maximum Gasteiger partial charge on any atom is 0.326 e. The van der Waals surface area contributed by atoms with E-state index in [0.29, 0.717) is 13.0 Å². The predicted octanol–water partition coefficient (Wildman–Crippen LogP) is -0.311. The van der Waals surface area contributed by atoms with Crippen LogP contribution in [0.15, 0.2) is 0 Å². The average molecular weight is 260 g/mol. The van der Waals surface area contributed by atoms with Gasteiger partial charge in [0.1, 0.15) is 6.04 Å². The number of carboxylic acids is 1. The molecular formula is C11H20N2O5. The van der Waals surface area contributed by atoms with Crippen molar-refractivity contribution >= 4 is 12.0 Å². The van der Waals surface area contributed by atoms with Gasteiger partial charge in [-0.25, -0.2) is 9.59 Å². The van der Waals surface area contributed by atoms with E-state index in [2.05, 4.69) is 10.6 Å². The van der Waals surface area contributed by atoms with Crippen LogP contribution >= 0.6 is 0 Å². The zero-order chi connectivity index (χ0) is 13.5. The van der Waals surface area contributed by atoms with E-state index < -0.39 is 18.0 Å². The molecule has 0 aliphatic carbocycles. The van der Waals surface area contributed by atoms with Crippen LogP contribution in [0.5, 0.6) is 0 Å². The van der Waals surface area contributed by atoms with Gasteiger partial charge in [0, 0.05) is 25.7 Å². The molecule has 4 N–H and O–H groups in total. The monoisotopic (exact) mass is 260 g/mol. The molecule has 2 unspecified atom stereocenters. The molecule has 0 aromatic carbocycles. The molecule has 1 rings (SSSR count). The van der Waals surface area contributed by atoms with E-state index in [-0.39, 0.29) is 25.2 Å². The van der Waals surface area contributed by atoms with Crippen LogP contribution in [0.4, 0.5) is 4.79 Å². The largest absolute Gasteiger partial charge is 0.480 e. The number of rotatable bonds is 5. The highest BCUT2D eigenvalue weighted by Crippen LogP contribution is 2.12. The van der Waals surface area contributed by atoms with Crippen LogP contribution in [-0.4, -0.2) is 53.6 Å². The van der Waals surface area contributed by atoms with E-state index in [1.54, 1.807) is 0 Å². The Kier molecular flexibility index (Phi) is 5.87. The Hall–Kier alpha value is -1.34. The van der Waals surface area contributed by atoms with Gasteiger partial charge in [-0.05, 0) is 19.8 Å². The summed E-state index contributed by atoms with van der Waals surface area (Å²) in [6.45, 7) is 2.23. The minimum Gasteiger partial charge on any atom is -0.480 e. The number of carbonyl (C=O) groups is 2. The van der Waals surface area contributed by atoms with Crippen molar-refractivity contribution in [2.75, 3.05) is 13.2 Å². The standard InChI is InChI=1S/C11H20N2O5/c1-7-6-8(3-5-18-7)12-11(17)13-9(2-4-14)10(15)16/h7-9,14H,2-6H2,1H3,(H,15,16)(H2,12,13,17)/t7?,8?,9-/m0/s1. The number of hydrogen-bond donors (Lipinski definition) is 4. The molecule has 0 aromatic rings. The third kappa shape index (κ3) is 4.89. The summed E-state index contributed by atoms with van der Waals surface area (Å²) in [7, 11) is 0. The Bertz CT molecular complexity index is 297. The zero-order valence-electron chi connectivity index (χ0n) is 10.4. The van der Waals surface area contributed by atoms with Crippen LogP contribution in [0.1, 0.15) is 26.2 Å². The lowest BCUT2D eigenvalue weighted by atomic mass is 10.0. The van der Waals surface area contributed by atoms with Gasteiger partial charge in [0.15, 0.2) is 0 Å². The second-order valence-corrected chi connectivity index (χ2v) is 4.42. The summed E-state index contributed by atoms with van der Waals surface area (Å²) >= 11 is 0. The first kappa shape index (κ1) is 14.7. The van der Waals surface area contributed by atoms with Gasteiger partial charge < -0.3 is 25.6 Å². The number of carboxylic acid groups (broad SMARTS) is 1. The molecule has 1 saturated heterocycles. The number of hydrogen-bond acceptors (Lipinski definition) is 4. The Morgan fingerprint density at radius 1 is 1.50 bits per heavy atom. The fraction of sp³-hybridized carbons (Fsp3) is 0.818. The third-order valence-electron chi connectivity index (χ3n) is 2.84. The van der Waals surface area contributed by atoms with E-state index >= 15 is 0 Å². The summed E-state index contributed by atoms with van der Waals surface area (Å²) in [5, 5.41) is 22.6. The molecule has 0 aromatic heterocycles. The highest BCUT2D eigenvalue weighted by molar-refractivity contribution is 5.82. The molecule has 2 amide bonds. The second-order valence-electron chi connectivity index (χ2n) is 4.42. The molecule has 3 atom stereocenters. The van der Waals surface area contributed by atoms with Crippen LogP contribution < -0.4 is 10.6 Å². The fourth-order valence-electron chi connectivity index (χ4n) is 1.90. The van der Waals surface area contributed by atoms with E-state index in [0.717, 1.165) is 6.42 Å². The van der Waals surface area contributed by atoms with Crippen molar-refractivity contribution < 1.29 is 24.5 Å². The Morgan fingerprint density at radius 2 is 2.22 bits per heavy atom. The Morgan fingerprint density at radius 3 is 2.78 bits per heavy atom. The minimum absolute atomic E-state index is 0.00248. The van der Waals surface area contributed by atoms with Crippen LogP contribution in [0.3, 0.4) is 0 Å². The highest BCUT2D eigenvalue weighted by Gasteiger charge is 2.23. The summed E-state index contributed by atoms with van der Waals surface area (Å²) in [6, 6.07) is -1.58. The number of urea groups is 1. The van der Waals surface area contributed by atoms with Crippen LogP contribution in [0.2, 0.25) is 0 Å². The maximum absolute atomic E-state index is 11.6. The molecule has 0 radical (unpaired) electrons. The topological polar surface area (TPSA) is 108 Å². The molecule has 1 heterocycles. The number of amides is 2. The molecule has 1 fully saturated rings. The van der Waals surface area contributed by atoms with Gasteiger partial charge in [0.2, 0.25) is 0 Å². The molecule has 7 heteroatoms. The number of carbonyl (C=O) groups excluding carboxylic acids is 1. The number of ether oxygens (including phenoxy) is 1. The Balaban J connectivity index is 2.37. The van der Waals surface area contributed by atoms with Crippen molar-refractivity contribution in [3.8, 4) is 0 Å². The fourth-order valence-corrected chi connectivity index (χ4v) is 1.90. The van der Waals surface area contributed by atoms with Gasteiger partial charge in [-0.3, -0.25) is 0 Å². The lowest BCUT2D eigenvalue weighted by Crippen LogP contribution is -2.51. The van der Waals surface area contributed by atoms with Crippen molar-refractivity contribution in [2.24, 2.45) is 0 Å². The summed E-state index contributed by atoms with van der Waals surface area (Å²) in [4.78, 5) is 22.4. The summed E-state index contributed by atoms with van der Waals surface area (Å²) in [5.74, 6) is -1.15. The maximum atomic E-state index is 11.6. The molecule has 104 valence electrons. The van der Waals surface area contributed by atoms with E-state index in [9.17, 15) is 9.59 Å². The number of aliphatic hydroxyl groups excluding tert-OH is 1. The summed E-state index contributed by atoms with van der Waals surface area (Å²) < 4.78 is 5.35. The van der Waals surface area contributed by atoms with Gasteiger partial charge in [-0.15, -0.1) is 0 Å². The third-order valence-corrected chi connectivity index (χ3v) is 2.84. The lowest BCUT2D eigenvalue weighted by Gasteiger charge is -2.28. The SMILES string of the molecule is CC1CC(NC(=O)N[C@@H](CCO)C(=O)O)CCO1. The smallest absolute Gasteiger partial charge is 0.326 e. The van der Waals surface area contributed by atoms with Crippen molar-refractivity contribution in [1.29, 1.82) is 0 Å². The van der Waals surface area contributed by atoms with Gasteiger partial charge in [-0.1, -0.05) is 0 Å². The van der Waals surface area contributed by atoms with Crippen molar-refractivity contribution in [3.05, 3.63) is 0 Å². The quantitative estimate of drug-likeness (QED) is 0.542. The van der Waals surface area contributed by atoms with Crippen LogP contribution in [0, 0.1) is 0 Å². The number of aliphatic carboxylic acids is 1. The molecule has 1 aliphatic rings. The molecule has 1 aliphatic heterocycles. The lowest BCUT2D eigenvalue weighted by molar-refractivity contribution is -0.139. The molecular weight excluding hydrogens is 240 g/mol.